The summed E-state index contributed by atoms with van der Waals surface area (Å²) in [4.78, 5) is 0. The van der Waals surface area contributed by atoms with Gasteiger partial charge in [-0.15, -0.1) is 10.2 Å². The van der Waals surface area contributed by atoms with E-state index in [1.54, 1.807) is 20.5 Å². The maximum absolute atomic E-state index is 5.57. The van der Waals surface area contributed by atoms with Crippen molar-refractivity contribution in [3.8, 4) is 28.6 Å². The number of ether oxygens (including phenoxy) is 2. The molecule has 0 saturated heterocycles. The molecule has 1 aromatic heterocycles. The molecular formula is C20H23N3O2. The van der Waals surface area contributed by atoms with Crippen LogP contribution in [-0.4, -0.2) is 29.0 Å². The van der Waals surface area contributed by atoms with Gasteiger partial charge in [-0.1, -0.05) is 32.9 Å². The third-order valence-electron chi connectivity index (χ3n) is 4.19. The number of aromatic nitrogens is 3. The summed E-state index contributed by atoms with van der Waals surface area (Å²) in [5, 5.41) is 8.46. The average molecular weight is 337 g/mol. The van der Waals surface area contributed by atoms with Crippen LogP contribution in [0.1, 0.15) is 26.3 Å². The summed E-state index contributed by atoms with van der Waals surface area (Å²) in [5.74, 6) is 2.29. The van der Waals surface area contributed by atoms with E-state index in [0.717, 1.165) is 28.6 Å². The lowest BCUT2D eigenvalue weighted by Crippen LogP contribution is -2.11. The summed E-state index contributed by atoms with van der Waals surface area (Å²) in [7, 11) is 3.32. The van der Waals surface area contributed by atoms with Gasteiger partial charge in [-0.05, 0) is 35.2 Å². The molecule has 1 heterocycles. The van der Waals surface area contributed by atoms with Crippen molar-refractivity contribution in [1.82, 2.24) is 14.8 Å². The summed E-state index contributed by atoms with van der Waals surface area (Å²) in [6.45, 7) is 6.56. The summed E-state index contributed by atoms with van der Waals surface area (Å²) in [5.41, 5.74) is 3.09. The van der Waals surface area contributed by atoms with Crippen molar-refractivity contribution in [2.24, 2.45) is 0 Å². The standard InChI is InChI=1S/C20H23N3O2/c1-20(2,3)14-9-10-18(25-5)17(11-14)19-22-21-13-23(19)15-7-6-8-16(12-15)24-4/h6-13H,1-5H3. The van der Waals surface area contributed by atoms with Crippen LogP contribution in [0.15, 0.2) is 48.8 Å². The normalized spacial score (nSPS) is 11.4. The Kier molecular flexibility index (Phi) is 4.49. The van der Waals surface area contributed by atoms with E-state index >= 15 is 0 Å². The minimum absolute atomic E-state index is 0.0296. The van der Waals surface area contributed by atoms with E-state index < -0.39 is 0 Å². The minimum Gasteiger partial charge on any atom is -0.497 e. The molecule has 0 spiro atoms. The largest absolute Gasteiger partial charge is 0.497 e. The van der Waals surface area contributed by atoms with Crippen LogP contribution in [0.5, 0.6) is 11.5 Å². The van der Waals surface area contributed by atoms with E-state index in [0.29, 0.717) is 0 Å². The van der Waals surface area contributed by atoms with Crippen molar-refractivity contribution in [3.05, 3.63) is 54.4 Å². The number of hydrogen-bond donors (Lipinski definition) is 0. The van der Waals surface area contributed by atoms with Gasteiger partial charge in [0.25, 0.3) is 0 Å². The maximum atomic E-state index is 5.57. The fraction of sp³-hybridized carbons (Fsp3) is 0.300. The highest BCUT2D eigenvalue weighted by atomic mass is 16.5. The number of nitrogens with zero attached hydrogens (tertiary/aromatic N) is 3. The lowest BCUT2D eigenvalue weighted by Gasteiger charge is -2.21. The zero-order valence-electron chi connectivity index (χ0n) is 15.3. The molecule has 3 rings (SSSR count). The SMILES string of the molecule is COc1cccc(-n2cnnc2-c2cc(C(C)(C)C)ccc2OC)c1. The van der Waals surface area contributed by atoms with Crippen molar-refractivity contribution < 1.29 is 9.47 Å². The quantitative estimate of drug-likeness (QED) is 0.714. The first kappa shape index (κ1) is 17.0. The predicted molar refractivity (Wildman–Crippen MR) is 98.6 cm³/mol. The zero-order valence-corrected chi connectivity index (χ0v) is 15.3. The number of hydrogen-bond acceptors (Lipinski definition) is 4. The third-order valence-corrected chi connectivity index (χ3v) is 4.19. The smallest absolute Gasteiger partial charge is 0.172 e. The Balaban J connectivity index is 2.16. The van der Waals surface area contributed by atoms with Crippen molar-refractivity contribution in [2.45, 2.75) is 26.2 Å². The lowest BCUT2D eigenvalue weighted by molar-refractivity contribution is 0.414. The van der Waals surface area contributed by atoms with Gasteiger partial charge in [0, 0.05) is 6.07 Å². The van der Waals surface area contributed by atoms with Gasteiger partial charge in [0.05, 0.1) is 25.5 Å². The second-order valence-corrected chi connectivity index (χ2v) is 6.89. The van der Waals surface area contributed by atoms with Crippen LogP contribution in [0.4, 0.5) is 0 Å². The molecule has 2 aromatic carbocycles. The first-order valence-corrected chi connectivity index (χ1v) is 8.17. The molecule has 0 aliphatic carbocycles. The number of rotatable bonds is 4. The Bertz CT molecular complexity index is 879. The first-order chi connectivity index (χ1) is 11.9. The van der Waals surface area contributed by atoms with Crippen LogP contribution in [-0.2, 0) is 5.41 Å². The molecule has 0 saturated carbocycles. The molecular weight excluding hydrogens is 314 g/mol. The van der Waals surface area contributed by atoms with Crippen LogP contribution < -0.4 is 9.47 Å². The van der Waals surface area contributed by atoms with Gasteiger partial charge in [-0.25, -0.2) is 0 Å². The van der Waals surface area contributed by atoms with Crippen LogP contribution in [0, 0.1) is 0 Å². The maximum Gasteiger partial charge on any atom is 0.172 e. The molecule has 25 heavy (non-hydrogen) atoms. The van der Waals surface area contributed by atoms with E-state index in [4.69, 9.17) is 9.47 Å². The van der Waals surface area contributed by atoms with Crippen LogP contribution in [0.25, 0.3) is 17.1 Å². The van der Waals surface area contributed by atoms with E-state index in [9.17, 15) is 0 Å². The summed E-state index contributed by atoms with van der Waals surface area (Å²) < 4.78 is 12.8. The Labute approximate surface area is 148 Å². The molecule has 0 bridgehead atoms. The van der Waals surface area contributed by atoms with Crippen molar-refractivity contribution in [1.29, 1.82) is 0 Å². The number of benzene rings is 2. The van der Waals surface area contributed by atoms with Crippen LogP contribution >= 0.6 is 0 Å². The van der Waals surface area contributed by atoms with E-state index in [-0.39, 0.29) is 5.41 Å². The molecule has 5 nitrogen and oxygen atoms in total. The van der Waals surface area contributed by atoms with E-state index in [1.807, 2.05) is 34.9 Å². The molecule has 0 atom stereocenters. The van der Waals surface area contributed by atoms with Gasteiger partial charge < -0.3 is 9.47 Å². The number of methoxy groups -OCH3 is 2. The molecule has 0 radical (unpaired) electrons. The van der Waals surface area contributed by atoms with Gasteiger partial charge >= 0.3 is 0 Å². The van der Waals surface area contributed by atoms with Crippen molar-refractivity contribution >= 4 is 0 Å². The van der Waals surface area contributed by atoms with E-state index in [2.05, 4.69) is 43.1 Å². The third kappa shape index (κ3) is 3.36. The lowest BCUT2D eigenvalue weighted by atomic mass is 9.86. The van der Waals surface area contributed by atoms with Gasteiger partial charge in [0.2, 0.25) is 0 Å². The van der Waals surface area contributed by atoms with Crippen LogP contribution in [0.2, 0.25) is 0 Å². The predicted octanol–water partition coefficient (Wildman–Crippen LogP) is 4.25. The first-order valence-electron chi connectivity index (χ1n) is 8.17. The van der Waals surface area contributed by atoms with Crippen LogP contribution in [0.3, 0.4) is 0 Å². The second kappa shape index (κ2) is 6.59. The zero-order chi connectivity index (χ0) is 18.0. The van der Waals surface area contributed by atoms with Crippen molar-refractivity contribution in [2.75, 3.05) is 14.2 Å². The highest BCUT2D eigenvalue weighted by Crippen LogP contribution is 2.34. The topological polar surface area (TPSA) is 49.2 Å². The van der Waals surface area contributed by atoms with E-state index in [1.165, 1.54) is 5.56 Å². The molecule has 0 N–H and O–H groups in total. The Hall–Kier alpha value is -2.82. The molecule has 130 valence electrons. The highest BCUT2D eigenvalue weighted by Gasteiger charge is 2.20. The van der Waals surface area contributed by atoms with Gasteiger partial charge in [-0.2, -0.15) is 0 Å². The van der Waals surface area contributed by atoms with Gasteiger partial charge in [0.1, 0.15) is 17.8 Å². The van der Waals surface area contributed by atoms with Crippen molar-refractivity contribution in [3.63, 3.8) is 0 Å². The monoisotopic (exact) mass is 337 g/mol. The molecule has 5 heteroatoms. The van der Waals surface area contributed by atoms with Gasteiger partial charge in [0.15, 0.2) is 5.82 Å². The fourth-order valence-electron chi connectivity index (χ4n) is 2.72. The second-order valence-electron chi connectivity index (χ2n) is 6.89. The highest BCUT2D eigenvalue weighted by molar-refractivity contribution is 5.67. The molecule has 0 aliphatic heterocycles. The summed E-state index contributed by atoms with van der Waals surface area (Å²) >= 11 is 0. The summed E-state index contributed by atoms with van der Waals surface area (Å²) in [6.07, 6.45) is 1.70. The summed E-state index contributed by atoms with van der Waals surface area (Å²) in [6, 6.07) is 14.0. The minimum atomic E-state index is 0.0296. The average Bonchev–Trinajstić information content (AvgIpc) is 3.10. The van der Waals surface area contributed by atoms with Gasteiger partial charge in [-0.3, -0.25) is 4.57 Å². The molecule has 0 aliphatic rings. The Morgan fingerprint density at radius 1 is 0.960 bits per heavy atom. The Morgan fingerprint density at radius 3 is 2.44 bits per heavy atom. The Morgan fingerprint density at radius 2 is 1.76 bits per heavy atom. The molecule has 3 aromatic rings. The fourth-order valence-corrected chi connectivity index (χ4v) is 2.72. The molecule has 0 fully saturated rings. The molecule has 0 amide bonds. The molecule has 0 unspecified atom stereocenters.